The first-order valence-electron chi connectivity index (χ1n) is 6.57. The fraction of sp³-hybridized carbons (Fsp3) is 0.625. The Kier molecular flexibility index (Phi) is 58.3. The average molecular weight is 423 g/mol. The number of rotatable bonds is 0. The van der Waals surface area contributed by atoms with E-state index in [1.54, 1.807) is 26.9 Å². The van der Waals surface area contributed by atoms with Crippen LogP contribution >= 0.6 is 24.8 Å². The van der Waals surface area contributed by atoms with Gasteiger partial charge >= 0.3 is 24.8 Å². The fourth-order valence-corrected chi connectivity index (χ4v) is 0.340. The SMILES string of the molecule is CC(C)(C)[NH-].CCO.C[Si](C)(C)O.Cl.Cl.[C-]1=CC=CC1.[CH2]=[Ti].[CH3-]. The van der Waals surface area contributed by atoms with Gasteiger partial charge in [-0.15, -0.1) is 36.8 Å². The molecule has 144 valence electrons. The Hall–Kier alpha value is 0.741. The van der Waals surface area contributed by atoms with Gasteiger partial charge in [-0.3, -0.25) is 6.08 Å². The van der Waals surface area contributed by atoms with Crippen LogP contribution in [0.15, 0.2) is 18.2 Å². The molecule has 0 unspecified atom stereocenters. The molecule has 0 heterocycles. The van der Waals surface area contributed by atoms with Crippen LogP contribution in [0.3, 0.4) is 0 Å². The molecule has 7 heteroatoms. The summed E-state index contributed by atoms with van der Waals surface area (Å²) < 4.78 is 0. The molecule has 0 radical (unpaired) electrons. The molecule has 0 aromatic rings. The molecule has 3 N–H and O–H groups in total. The minimum absolute atomic E-state index is 0. The number of halogens is 2. The Bertz CT molecular complexity index is 207. The van der Waals surface area contributed by atoms with E-state index in [-0.39, 0.29) is 44.4 Å². The summed E-state index contributed by atoms with van der Waals surface area (Å²) in [6.45, 7) is 13.1. The van der Waals surface area contributed by atoms with E-state index in [4.69, 9.17) is 15.6 Å². The quantitative estimate of drug-likeness (QED) is 0.415. The number of hydrogen-bond acceptors (Lipinski definition) is 2. The van der Waals surface area contributed by atoms with Gasteiger partial charge in [-0.05, 0) is 26.6 Å². The van der Waals surface area contributed by atoms with Crippen molar-refractivity contribution < 1.29 is 29.9 Å². The van der Waals surface area contributed by atoms with Crippen LogP contribution < -0.4 is 0 Å². The molecule has 1 aliphatic carbocycles. The van der Waals surface area contributed by atoms with Crippen LogP contribution in [0.2, 0.25) is 19.6 Å². The summed E-state index contributed by atoms with van der Waals surface area (Å²) in [4.78, 5) is 11.9. The molecule has 0 aromatic carbocycles. The van der Waals surface area contributed by atoms with Crippen molar-refractivity contribution in [3.63, 3.8) is 0 Å². The molecule has 0 bridgehead atoms. The summed E-state index contributed by atoms with van der Waals surface area (Å²) in [6, 6.07) is 0. The van der Waals surface area contributed by atoms with Gasteiger partial charge < -0.3 is 23.1 Å². The van der Waals surface area contributed by atoms with Gasteiger partial charge in [0.05, 0.1) is 0 Å². The Morgan fingerprint density at radius 2 is 1.43 bits per heavy atom. The van der Waals surface area contributed by atoms with Crippen molar-refractivity contribution in [1.29, 1.82) is 0 Å². The van der Waals surface area contributed by atoms with E-state index < -0.39 is 8.32 Å². The van der Waals surface area contributed by atoms with Crippen molar-refractivity contribution in [3.8, 4) is 0 Å². The van der Waals surface area contributed by atoms with Crippen LogP contribution in [0.4, 0.5) is 0 Å². The monoisotopic (exact) mass is 422 g/mol. The summed E-state index contributed by atoms with van der Waals surface area (Å²) in [6.07, 6.45) is 10.0. The first-order chi connectivity index (χ1) is 8.91. The van der Waals surface area contributed by atoms with Crippen molar-refractivity contribution in [2.24, 2.45) is 0 Å². The van der Waals surface area contributed by atoms with E-state index in [1.807, 2.05) is 52.6 Å². The molecule has 1 aliphatic rings. The number of allylic oxidation sites excluding steroid dienone is 4. The molecule has 0 amide bonds. The summed E-state index contributed by atoms with van der Waals surface area (Å²) in [5.74, 6) is 0. The standard InChI is InChI=1S/C5H5.C4H10N.C3H10OSi.C2H6O.CH3.CH2.2ClH.Ti/c1-2-4-5-3-1;1-4(2,3)5;1-5(2,3)4;1-2-3;;;;;/h1-3H,4H2;5H,1-3H3;4H,1-3H3;3H,2H2,1H3;1H3;1H2;2*1H;/q2*-1;;;-1;;;;. The molecule has 1 rings (SSSR count). The number of aliphatic hydroxyl groups is 1. The smallest absolute Gasteiger partial charge is 0.358 e. The molecule has 0 spiro atoms. The maximum atomic E-state index is 8.66. The van der Waals surface area contributed by atoms with Crippen molar-refractivity contribution in [3.05, 3.63) is 37.5 Å². The third-order valence-electron chi connectivity index (χ3n) is 0.586. The van der Waals surface area contributed by atoms with Crippen LogP contribution in [-0.4, -0.2) is 35.2 Å². The molecule has 0 saturated carbocycles. The second kappa shape index (κ2) is 30.6. The Morgan fingerprint density at radius 1 is 1.22 bits per heavy atom. The van der Waals surface area contributed by atoms with Crippen molar-refractivity contribution in [1.82, 2.24) is 0 Å². The Balaban J connectivity index is -0.0000000278. The Labute approximate surface area is 170 Å². The topological polar surface area (TPSA) is 64.3 Å². The van der Waals surface area contributed by atoms with Gasteiger partial charge in [0.25, 0.3) is 0 Å². The molecule has 0 aliphatic heterocycles. The summed E-state index contributed by atoms with van der Waals surface area (Å²) >= 11 is 1.75. The molecule has 23 heavy (non-hydrogen) atoms. The van der Waals surface area contributed by atoms with Crippen molar-refractivity contribution >= 4 is 37.9 Å². The number of aliphatic hydroxyl groups excluding tert-OH is 1. The maximum Gasteiger partial charge on any atom is -0.358 e. The normalized spacial score (nSPS) is 9.96. The average Bonchev–Trinajstić information content (AvgIpc) is 2.73. The maximum absolute atomic E-state index is 8.66. The predicted molar refractivity (Wildman–Crippen MR) is 112 cm³/mol. The minimum Gasteiger partial charge on any atom is -0.358 e. The Morgan fingerprint density at radius 3 is 1.48 bits per heavy atom. The van der Waals surface area contributed by atoms with Gasteiger partial charge in [0, 0.05) is 6.61 Å². The van der Waals surface area contributed by atoms with E-state index in [9.17, 15) is 0 Å². The number of nitrogens with one attached hydrogen (secondary N) is 1. The van der Waals surface area contributed by atoms with E-state index in [0.717, 1.165) is 6.42 Å². The zero-order valence-electron chi connectivity index (χ0n) is 16.1. The molecule has 0 aromatic heterocycles. The minimum atomic E-state index is -1.61. The first-order valence-corrected chi connectivity index (χ1v) is 11.1. The molecule has 0 saturated heterocycles. The van der Waals surface area contributed by atoms with Crippen LogP contribution in [-0.2, 0) is 20.0 Å². The van der Waals surface area contributed by atoms with E-state index in [0.29, 0.717) is 0 Å². The summed E-state index contributed by atoms with van der Waals surface area (Å²) in [7, 11) is -1.61. The van der Waals surface area contributed by atoms with E-state index >= 15 is 0 Å². The second-order valence-corrected chi connectivity index (χ2v) is 10.1. The van der Waals surface area contributed by atoms with E-state index in [2.05, 4.69) is 17.0 Å². The summed E-state index contributed by atoms with van der Waals surface area (Å²) in [5, 5.41) is 7.57. The zero-order valence-corrected chi connectivity index (χ0v) is 20.3. The molecule has 0 atom stereocenters. The van der Waals surface area contributed by atoms with Crippen LogP contribution in [0.1, 0.15) is 34.1 Å². The van der Waals surface area contributed by atoms with Gasteiger partial charge in [0.1, 0.15) is 0 Å². The summed E-state index contributed by atoms with van der Waals surface area (Å²) in [5.41, 5.74) is 6.69. The van der Waals surface area contributed by atoms with Gasteiger partial charge in [0.15, 0.2) is 8.32 Å². The van der Waals surface area contributed by atoms with Crippen LogP contribution in [0.25, 0.3) is 5.73 Å². The number of hydrogen-bond donors (Lipinski definition) is 2. The van der Waals surface area contributed by atoms with Gasteiger partial charge in [-0.25, -0.2) is 12.2 Å². The second-order valence-electron chi connectivity index (χ2n) is 5.74. The molecular weight excluding hydrogens is 385 g/mol. The van der Waals surface area contributed by atoms with Gasteiger partial charge in [-0.1, -0.05) is 20.8 Å². The third kappa shape index (κ3) is 297. The van der Waals surface area contributed by atoms with Crippen LogP contribution in [0, 0.1) is 13.5 Å². The third-order valence-corrected chi connectivity index (χ3v) is 0.586. The van der Waals surface area contributed by atoms with Crippen molar-refractivity contribution in [2.45, 2.75) is 59.3 Å². The van der Waals surface area contributed by atoms with E-state index in [1.165, 1.54) is 0 Å². The van der Waals surface area contributed by atoms with Crippen LogP contribution in [0.5, 0.6) is 0 Å². The molecule has 3 nitrogen and oxygen atoms in total. The van der Waals surface area contributed by atoms with Crippen molar-refractivity contribution in [2.75, 3.05) is 6.61 Å². The molecule has 0 fully saturated rings. The zero-order chi connectivity index (χ0) is 17.2. The van der Waals surface area contributed by atoms with Gasteiger partial charge in [0.2, 0.25) is 0 Å². The fourth-order valence-electron chi connectivity index (χ4n) is 0.340. The largest absolute Gasteiger partial charge is 0.358 e. The predicted octanol–water partition coefficient (Wildman–Crippen LogP) is 5.21. The van der Waals surface area contributed by atoms with Gasteiger partial charge in [-0.2, -0.15) is 6.08 Å². The molecular formula is C16H38Cl2NO2SiTi-3. The first kappa shape index (κ1) is 43.8.